The minimum absolute atomic E-state index is 0. The first-order valence-electron chi connectivity index (χ1n) is 3.00. The fourth-order valence-electron chi connectivity index (χ4n) is 0. The van der Waals surface area contributed by atoms with E-state index in [1.165, 1.54) is 38.5 Å². The Hall–Kier alpha value is 0. The van der Waals surface area contributed by atoms with E-state index in [9.17, 15) is 0 Å². The molecule has 0 bridgehead atoms. The molecule has 2 saturated carbocycles. The quantitative estimate of drug-likeness (QED) is 0.425. The summed E-state index contributed by atoms with van der Waals surface area (Å²) in [6.45, 7) is 0. The van der Waals surface area contributed by atoms with Gasteiger partial charge in [0.15, 0.2) is 0 Å². The van der Waals surface area contributed by atoms with Crippen molar-refractivity contribution in [3.05, 3.63) is 0 Å². The molecule has 0 aromatic heterocycles. The van der Waals surface area contributed by atoms with Gasteiger partial charge in [0.2, 0.25) is 0 Å². The normalized spacial score (nSPS) is 24.0. The lowest BCUT2D eigenvalue weighted by molar-refractivity contribution is 1.50. The highest BCUT2D eigenvalue weighted by molar-refractivity contribution is 4.51. The van der Waals surface area contributed by atoms with Crippen LogP contribution in [0.2, 0.25) is 0 Å². The highest BCUT2D eigenvalue weighted by atomic mass is 14.0. The van der Waals surface area contributed by atoms with E-state index < -0.39 is 0 Å². The van der Waals surface area contributed by atoms with Crippen molar-refractivity contribution in [1.29, 1.82) is 0 Å². The summed E-state index contributed by atoms with van der Waals surface area (Å²) in [7, 11) is 0. The van der Waals surface area contributed by atoms with E-state index in [2.05, 4.69) is 0 Å². The maximum Gasteiger partial charge on any atom is 0 e. The average molecular weight is 86.2 g/mol. The van der Waals surface area contributed by atoms with Crippen molar-refractivity contribution in [2.45, 2.75) is 38.5 Å². The molecule has 0 unspecified atom stereocenters. The Balaban J connectivity index is 0.0000000900. The molecule has 0 aromatic rings. The molecule has 0 saturated heterocycles. The van der Waals surface area contributed by atoms with Crippen molar-refractivity contribution in [2.75, 3.05) is 0 Å². The van der Waals surface area contributed by atoms with Gasteiger partial charge in [0.05, 0.1) is 0 Å². The number of rotatable bonds is 0. The van der Waals surface area contributed by atoms with E-state index in [0.29, 0.717) is 0 Å². The smallest absolute Gasteiger partial charge is 0 e. The first kappa shape index (κ1) is 4.17. The lowest BCUT2D eigenvalue weighted by atomic mass is 11.0. The Morgan fingerprint density at radius 1 is 0.500 bits per heavy atom. The van der Waals surface area contributed by atoms with Crippen molar-refractivity contribution < 1.29 is 1.43 Å². The molecule has 2 aliphatic carbocycles. The van der Waals surface area contributed by atoms with E-state index in [0.717, 1.165) is 0 Å². The van der Waals surface area contributed by atoms with Crippen LogP contribution in [0.3, 0.4) is 0 Å². The summed E-state index contributed by atoms with van der Waals surface area (Å²) in [5.41, 5.74) is 0. The lowest BCUT2D eigenvalue weighted by Crippen LogP contribution is -0.856. The molecule has 2 fully saturated rings. The molecule has 0 amide bonds. The summed E-state index contributed by atoms with van der Waals surface area (Å²) in [5.74, 6) is 0. The van der Waals surface area contributed by atoms with Crippen LogP contribution in [0.5, 0.6) is 0 Å². The summed E-state index contributed by atoms with van der Waals surface area (Å²) in [5, 5.41) is 0. The van der Waals surface area contributed by atoms with Crippen molar-refractivity contribution in [2.24, 2.45) is 0 Å². The van der Waals surface area contributed by atoms with Gasteiger partial charge in [-0.15, -0.1) is 0 Å². The van der Waals surface area contributed by atoms with Crippen LogP contribution in [-0.4, -0.2) is 0 Å². The summed E-state index contributed by atoms with van der Waals surface area (Å²) in [6, 6.07) is 0. The third-order valence-electron chi connectivity index (χ3n) is 0.707. The highest BCUT2D eigenvalue weighted by Crippen LogP contribution is 2.15. The fraction of sp³-hybridized carbons (Fsp3) is 1.00. The zero-order valence-corrected chi connectivity index (χ0v) is 4.24. The Bertz CT molecular complexity index is 19.7. The summed E-state index contributed by atoms with van der Waals surface area (Å²) in [4.78, 5) is 0. The molecule has 6 heavy (non-hydrogen) atoms. The Morgan fingerprint density at radius 2 is 0.667 bits per heavy atom. The second kappa shape index (κ2) is 2.22. The maximum absolute atomic E-state index is 1.50. The molecule has 0 atom stereocenters. The molecule has 0 spiro atoms. The third kappa shape index (κ3) is 9.00. The predicted molar refractivity (Wildman–Crippen MR) is 29.8 cm³/mol. The van der Waals surface area contributed by atoms with Crippen LogP contribution in [0.25, 0.3) is 0 Å². The van der Waals surface area contributed by atoms with Crippen LogP contribution in [0.4, 0.5) is 0 Å². The minimum atomic E-state index is 0. The zero-order valence-electron chi connectivity index (χ0n) is 4.24. The zero-order chi connectivity index (χ0) is 4.24. The fourth-order valence-corrected chi connectivity index (χ4v) is 0. The summed E-state index contributed by atoms with van der Waals surface area (Å²) in [6.07, 6.45) is 9.00. The lowest BCUT2D eigenvalue weighted by Gasteiger charge is -1.05. The molecular weight excluding hydrogens is 72.1 g/mol. The second-order valence-corrected chi connectivity index (χ2v) is 2.12. The predicted octanol–water partition coefficient (Wildman–Crippen LogP) is 2.59. The van der Waals surface area contributed by atoms with E-state index in [1.807, 2.05) is 0 Å². The van der Waals surface area contributed by atoms with Gasteiger partial charge in [0.25, 0.3) is 0 Å². The molecule has 2 aliphatic rings. The molecule has 0 aliphatic heterocycles. The van der Waals surface area contributed by atoms with Gasteiger partial charge in [-0.3, -0.25) is 0 Å². The van der Waals surface area contributed by atoms with Gasteiger partial charge in [0, 0.05) is 1.43 Å². The molecule has 2 rings (SSSR count). The van der Waals surface area contributed by atoms with Gasteiger partial charge >= 0.3 is 0 Å². The van der Waals surface area contributed by atoms with Crippen molar-refractivity contribution in [3.8, 4) is 0 Å². The standard InChI is InChI=1S/2C3H6.H2/c2*1-2-3-1;/h2*1-3H2;1H. The number of hydrogen-bond acceptors (Lipinski definition) is 0. The summed E-state index contributed by atoms with van der Waals surface area (Å²) >= 11 is 0. The molecule has 0 radical (unpaired) electrons. The molecule has 0 heterocycles. The van der Waals surface area contributed by atoms with Gasteiger partial charge in [-0.1, -0.05) is 38.5 Å². The molecule has 0 N–H and O–H groups in total. The maximum atomic E-state index is 1.50. The van der Waals surface area contributed by atoms with E-state index >= 15 is 0 Å². The molecule has 0 aromatic carbocycles. The Labute approximate surface area is 41.0 Å². The molecule has 0 nitrogen and oxygen atoms in total. The SMILES string of the molecule is C1CC1.C1CC1.[HH]. The molecule has 38 valence electrons. The van der Waals surface area contributed by atoms with Crippen molar-refractivity contribution in [3.63, 3.8) is 0 Å². The average Bonchev–Trinajstić information content (AvgIpc) is 2.31. The second-order valence-electron chi connectivity index (χ2n) is 2.12. The Kier molecular flexibility index (Phi) is 1.54. The molecular formula is C6H14. The van der Waals surface area contributed by atoms with Gasteiger partial charge in [-0.2, -0.15) is 0 Å². The van der Waals surface area contributed by atoms with Crippen LogP contribution in [0, 0.1) is 0 Å². The van der Waals surface area contributed by atoms with Gasteiger partial charge in [-0.25, -0.2) is 0 Å². The van der Waals surface area contributed by atoms with Gasteiger partial charge < -0.3 is 0 Å². The van der Waals surface area contributed by atoms with Crippen LogP contribution in [-0.2, 0) is 0 Å². The molecule has 0 heteroatoms. The van der Waals surface area contributed by atoms with Gasteiger partial charge in [0.1, 0.15) is 0 Å². The number of hydrogen-bond donors (Lipinski definition) is 0. The van der Waals surface area contributed by atoms with Gasteiger partial charge in [-0.05, 0) is 0 Å². The Morgan fingerprint density at radius 3 is 0.667 bits per heavy atom. The third-order valence-corrected chi connectivity index (χ3v) is 0.707. The van der Waals surface area contributed by atoms with E-state index in [-0.39, 0.29) is 1.43 Å². The van der Waals surface area contributed by atoms with Crippen molar-refractivity contribution >= 4 is 0 Å². The minimum Gasteiger partial charge on any atom is -0.0533 e. The van der Waals surface area contributed by atoms with Crippen LogP contribution in [0.1, 0.15) is 40.0 Å². The first-order valence-corrected chi connectivity index (χ1v) is 3.00. The van der Waals surface area contributed by atoms with Crippen LogP contribution in [0.15, 0.2) is 0 Å². The first-order chi connectivity index (χ1) is 3.00. The van der Waals surface area contributed by atoms with E-state index in [4.69, 9.17) is 0 Å². The monoisotopic (exact) mass is 86.1 g/mol. The van der Waals surface area contributed by atoms with Crippen LogP contribution >= 0.6 is 0 Å². The van der Waals surface area contributed by atoms with Crippen molar-refractivity contribution in [1.82, 2.24) is 0 Å². The summed E-state index contributed by atoms with van der Waals surface area (Å²) < 4.78 is 0. The highest BCUT2D eigenvalue weighted by Gasteiger charge is 1.95. The van der Waals surface area contributed by atoms with E-state index in [1.54, 1.807) is 0 Å². The largest absolute Gasteiger partial charge is 0.0533 e. The van der Waals surface area contributed by atoms with Crippen LogP contribution < -0.4 is 0 Å². The topological polar surface area (TPSA) is 0 Å².